The van der Waals surface area contributed by atoms with Gasteiger partial charge in [0.15, 0.2) is 0 Å². The Morgan fingerprint density at radius 2 is 0.633 bits per heavy atom. The summed E-state index contributed by atoms with van der Waals surface area (Å²) in [5, 5.41) is 0. The van der Waals surface area contributed by atoms with Crippen molar-refractivity contribution in [3.8, 4) is 0 Å². The lowest BCUT2D eigenvalue weighted by Gasteiger charge is -2.29. The van der Waals surface area contributed by atoms with E-state index in [2.05, 4.69) is 304 Å². The highest BCUT2D eigenvalue weighted by atomic mass is 14.3. The first kappa shape index (κ1) is 76.7. The van der Waals surface area contributed by atoms with Gasteiger partial charge in [0.25, 0.3) is 0 Å². The molecule has 8 rings (SSSR count). The lowest BCUT2D eigenvalue weighted by atomic mass is 9.75. The first-order valence-electron chi connectivity index (χ1n) is 48.5. The highest BCUT2D eigenvalue weighted by Gasteiger charge is 2.26. The molecule has 0 aliphatic rings. The van der Waals surface area contributed by atoms with Gasteiger partial charge in [0.05, 0.1) is 5.48 Å². The third kappa shape index (κ3) is 36.0. The van der Waals surface area contributed by atoms with E-state index in [1.54, 1.807) is 51.0 Å². The largest absolute Gasteiger partial charge is 0.0651 e. The Bertz CT molecular complexity index is 4540. The SMILES string of the molecule is CC(C)(C)c1ccccc1.CC(C)c1cccc(C(C)C)c1C(C)(C)C.CCc1cccc(CC)c1C(C)(C)C.Cc1cc(C)c(C(C)(C)C)c(C)c1.Cc1cccc(C)c1C(C)(C)C.[2H]C([2H])([2H])C([2H])(C([2H])([2H])C)C(C)(C)C.[2H]C([2H])([2H])c1cc(C)cc(C)c1C(C)(C)C.[2H]C([2H])([2H])c1cccc(C)c1C(C)(C)C.[2H]c1c([2H])c(C)c([2H])c(C(C)(C)C)c1[2H]. The van der Waals surface area contributed by atoms with Gasteiger partial charge in [-0.15, -0.1) is 0 Å². The number of hydrogen-bond donors (Lipinski definition) is 0. The van der Waals surface area contributed by atoms with Crippen molar-refractivity contribution in [2.45, 2.75) is 393 Å². The summed E-state index contributed by atoms with van der Waals surface area (Å²) in [5.41, 5.74) is 27.4. The Balaban J connectivity index is 0.00000139. The maximum atomic E-state index is 7.94. The molecule has 8 aromatic carbocycles. The monoisotopic (exact) mass is 1500 g/mol. The molecule has 0 nitrogen and oxygen atoms in total. The van der Waals surface area contributed by atoms with Crippen LogP contribution in [0.4, 0.5) is 0 Å². The van der Waals surface area contributed by atoms with Gasteiger partial charge in [0.1, 0.15) is 0 Å². The molecule has 0 fully saturated rings. The van der Waals surface area contributed by atoms with Gasteiger partial charge in [-0.2, -0.15) is 0 Å². The molecule has 1 atom stereocenters. The van der Waals surface area contributed by atoms with E-state index in [9.17, 15) is 0 Å². The van der Waals surface area contributed by atoms with E-state index < -0.39 is 38.2 Å². The Labute approximate surface area is 702 Å². The van der Waals surface area contributed by atoms with Gasteiger partial charge in [-0.25, -0.2) is 0 Å². The van der Waals surface area contributed by atoms with E-state index in [4.69, 9.17) is 21.9 Å². The fourth-order valence-electron chi connectivity index (χ4n) is 14.7. The highest BCUT2D eigenvalue weighted by molar-refractivity contribution is 5.46. The molecule has 0 radical (unpaired) electrons. The molecule has 1 unspecified atom stereocenters. The van der Waals surface area contributed by atoms with Gasteiger partial charge in [0.2, 0.25) is 0 Å². The summed E-state index contributed by atoms with van der Waals surface area (Å²) in [7, 11) is 0. The van der Waals surface area contributed by atoms with Crippen molar-refractivity contribution in [3.63, 3.8) is 0 Å². The van der Waals surface area contributed by atoms with Crippen LogP contribution in [0.5, 0.6) is 0 Å². The predicted molar refractivity (Wildman–Crippen MR) is 499 cm³/mol. The average molecular weight is 1500 g/mol. The topological polar surface area (TPSA) is 0 Å². The van der Waals surface area contributed by atoms with Crippen molar-refractivity contribution in [1.82, 2.24) is 0 Å². The number of rotatable bonds is 5. The summed E-state index contributed by atoms with van der Waals surface area (Å²) < 4.78 is 121. The molecule has 0 bridgehead atoms. The van der Waals surface area contributed by atoms with Gasteiger partial charge in [-0.1, -0.05) is 417 Å². The Morgan fingerprint density at radius 3 is 0.908 bits per heavy atom. The van der Waals surface area contributed by atoms with Crippen LogP contribution in [0.2, 0.25) is 0 Å². The molecule has 0 aromatic heterocycles. The van der Waals surface area contributed by atoms with Crippen LogP contribution in [0.15, 0.2) is 152 Å². The molecule has 0 spiro atoms. The van der Waals surface area contributed by atoms with Crippen molar-refractivity contribution < 1.29 is 21.9 Å². The lowest BCUT2D eigenvalue weighted by molar-refractivity contribution is 0.254. The Kier molecular flexibility index (Phi) is 30.8. The molecule has 0 saturated carbocycles. The molecule has 608 valence electrons. The van der Waals surface area contributed by atoms with Gasteiger partial charge in [-0.3, -0.25) is 0 Å². The fourth-order valence-corrected chi connectivity index (χ4v) is 14.7. The maximum absolute atomic E-state index is 7.94. The summed E-state index contributed by atoms with van der Waals surface area (Å²) >= 11 is 0. The van der Waals surface area contributed by atoms with Crippen LogP contribution >= 0.6 is 0 Å². The van der Waals surface area contributed by atoms with Crippen LogP contribution in [0.3, 0.4) is 0 Å². The maximum Gasteiger partial charge on any atom is 0.0629 e. The van der Waals surface area contributed by atoms with Crippen LogP contribution in [-0.4, -0.2) is 0 Å². The molecule has 8 aromatic rings. The van der Waals surface area contributed by atoms with Crippen molar-refractivity contribution in [2.24, 2.45) is 11.3 Å². The number of benzene rings is 8. The van der Waals surface area contributed by atoms with Crippen LogP contribution in [-0.2, 0) is 56.2 Å². The minimum absolute atomic E-state index is 0.00185. The number of aryl methyl sites for hydroxylation is 12. The van der Waals surface area contributed by atoms with Crippen LogP contribution in [0, 0.1) is 87.3 Å². The van der Waals surface area contributed by atoms with Crippen molar-refractivity contribution in [1.29, 1.82) is 0 Å². The second-order valence-electron chi connectivity index (χ2n) is 40.1. The summed E-state index contributed by atoms with van der Waals surface area (Å²) in [5.74, 6) is -0.895. The van der Waals surface area contributed by atoms with E-state index in [0.717, 1.165) is 47.6 Å². The average Bonchev–Trinajstić information content (AvgIpc) is 0.735. The van der Waals surface area contributed by atoms with Crippen LogP contribution in [0.1, 0.15) is 410 Å². The van der Waals surface area contributed by atoms with Crippen LogP contribution in [0.25, 0.3) is 0 Å². The number of hydrogen-bond acceptors (Lipinski definition) is 0. The second kappa shape index (κ2) is 43.7. The van der Waals surface area contributed by atoms with Gasteiger partial charge in [0, 0.05) is 16.4 Å². The van der Waals surface area contributed by atoms with E-state index in [1.807, 2.05) is 74.4 Å². The normalized spacial score (nSPS) is 15.1. The molecule has 0 saturated heterocycles. The highest BCUT2D eigenvalue weighted by Crippen LogP contribution is 2.38. The summed E-state index contributed by atoms with van der Waals surface area (Å²) in [6, 6.07) is 44.6. The van der Waals surface area contributed by atoms with E-state index in [1.165, 1.54) is 66.8 Å². The first-order valence-corrected chi connectivity index (χ1v) is 40.5. The fraction of sp³-hybridized carbons (Fsp3) is 0.560. The first-order chi connectivity index (χ1) is 55.7. The van der Waals surface area contributed by atoms with Gasteiger partial charge >= 0.3 is 0 Å². The van der Waals surface area contributed by atoms with E-state index >= 15 is 0 Å². The quantitative estimate of drug-likeness (QED) is 0.161. The third-order valence-corrected chi connectivity index (χ3v) is 18.9. The van der Waals surface area contributed by atoms with Gasteiger partial charge < -0.3 is 0 Å². The molecule has 0 heterocycles. The Hall–Kier alpha value is -6.24. The zero-order chi connectivity index (χ0) is 99.0. The standard InChI is InChI=1S/C16H26.C14H22.2C13H20.2C12H18.C11H16.C10H14.C8H18/c1-11(2)13-9-8-10-14(12(3)4)15(13)16(5,6)7;1-6-11-9-8-10-12(7-2)13(11)14(3,4)5;2*1-9-7-10(2)12(11(3)8-9)13(4,5)6;2*1-9-7-6-8-10(2)11(9)12(3,4)5;1-9-6-5-7-10(8-9)11(2,3)4;1-10(2,3)9-7-5-4-6-8-9;1-6-7(2)8(3,4)5/h8-12H,1-7H3;8-10H,6-7H2,1-5H3;2*7-8H,1-6H3;2*6-8H,1-5H3;5-8H,1-4H3;4-8H,1-3H3;7H,6H2,1-5H3/i;;2D3;;1D3;;5D,6D,7D,8D;;2D3,6D2,7D. The summed E-state index contributed by atoms with van der Waals surface area (Å²) in [6.07, 6.45) is 0.206. The lowest BCUT2D eigenvalue weighted by Crippen LogP contribution is -2.18. The minimum Gasteiger partial charge on any atom is -0.0651 e. The predicted octanol–water partition coefficient (Wildman–Crippen LogP) is 33.7. The molecule has 0 aliphatic carbocycles. The zero-order valence-electron chi connectivity index (χ0n) is 94.2. The molecule has 0 N–H and O–H groups in total. The minimum atomic E-state index is -2.64. The van der Waals surface area contributed by atoms with Crippen molar-refractivity contribution >= 4 is 0 Å². The second-order valence-corrected chi connectivity index (χ2v) is 40.1. The van der Waals surface area contributed by atoms with E-state index in [-0.39, 0.29) is 62.1 Å². The summed E-state index contributed by atoms with van der Waals surface area (Å²) in [4.78, 5) is 0. The van der Waals surface area contributed by atoms with Crippen molar-refractivity contribution in [2.75, 3.05) is 0 Å². The molecular formula is C109H172. The smallest absolute Gasteiger partial charge is 0.0629 e. The zero-order valence-corrected chi connectivity index (χ0v) is 78.2. The Morgan fingerprint density at radius 1 is 0.321 bits per heavy atom. The molecule has 0 heteroatoms. The summed E-state index contributed by atoms with van der Waals surface area (Å²) in [6.45, 7) is 83.6. The van der Waals surface area contributed by atoms with Crippen LogP contribution < -0.4 is 0 Å². The molecule has 0 aliphatic heterocycles. The van der Waals surface area contributed by atoms with Crippen molar-refractivity contribution in [3.05, 3.63) is 280 Å². The third-order valence-electron chi connectivity index (χ3n) is 18.9. The molecule has 109 heavy (non-hydrogen) atoms. The molecular weight excluding hydrogens is 1310 g/mol. The van der Waals surface area contributed by atoms with E-state index in [0.29, 0.717) is 39.5 Å². The van der Waals surface area contributed by atoms with Gasteiger partial charge in [-0.05, 0) is 267 Å². The molecule has 0 amide bonds.